The lowest BCUT2D eigenvalue weighted by Gasteiger charge is -2.24. The molecule has 0 aliphatic carbocycles. The number of benzene rings is 2. The van der Waals surface area contributed by atoms with Crippen molar-refractivity contribution in [1.29, 1.82) is 0 Å². The van der Waals surface area contributed by atoms with Crippen molar-refractivity contribution in [2.45, 2.75) is 38.5 Å². The molecule has 0 saturated carbocycles. The number of phenolic OH excluding ortho intramolecular Hbond substituents is 1. The maximum absolute atomic E-state index is 13.8. The van der Waals surface area contributed by atoms with E-state index in [2.05, 4.69) is 10.4 Å². The fraction of sp³-hybridized carbons (Fsp3) is 0.304. The number of aliphatic hydroxyl groups excluding tert-OH is 1. The maximum atomic E-state index is 13.8. The summed E-state index contributed by atoms with van der Waals surface area (Å²) in [6, 6.07) is 11.6. The lowest BCUT2D eigenvalue weighted by atomic mass is 10.0. The molecule has 2 aromatic carbocycles. The Bertz CT molecular complexity index is 1180. The van der Waals surface area contributed by atoms with Crippen molar-refractivity contribution in [3.63, 3.8) is 0 Å². The first-order valence-electron chi connectivity index (χ1n) is 10.5. The second-order valence-corrected chi connectivity index (χ2v) is 8.11. The second-order valence-electron chi connectivity index (χ2n) is 8.11. The number of aromatic carboxylic acids is 1. The maximum Gasteiger partial charge on any atom is 0.435 e. The Hall–Kier alpha value is -3.57. The number of hydrogen-bond acceptors (Lipinski definition) is 6. The van der Waals surface area contributed by atoms with Gasteiger partial charge in [-0.3, -0.25) is 5.32 Å². The SMILES string of the molecule is C[C@H](NC(O)c1c(C(F)(F)F)nn2c1N(Cc1ccc(O)cc1)CC2)c1ccc(C(=O)O)cc1. The predicted octanol–water partition coefficient (Wildman–Crippen LogP) is 3.67. The highest BCUT2D eigenvalue weighted by Crippen LogP contribution is 2.41. The third kappa shape index (κ3) is 4.70. The summed E-state index contributed by atoms with van der Waals surface area (Å²) in [4.78, 5) is 12.8. The molecule has 11 heteroatoms. The van der Waals surface area contributed by atoms with Crippen LogP contribution in [0.2, 0.25) is 0 Å². The van der Waals surface area contributed by atoms with Crippen LogP contribution in [0.5, 0.6) is 5.75 Å². The topological polar surface area (TPSA) is 111 Å². The van der Waals surface area contributed by atoms with Gasteiger partial charge in [0, 0.05) is 19.1 Å². The normalized spacial score (nSPS) is 15.3. The van der Waals surface area contributed by atoms with E-state index >= 15 is 0 Å². The molecule has 4 N–H and O–H groups in total. The molecule has 34 heavy (non-hydrogen) atoms. The predicted molar refractivity (Wildman–Crippen MR) is 116 cm³/mol. The van der Waals surface area contributed by atoms with Gasteiger partial charge in [-0.2, -0.15) is 18.3 Å². The summed E-state index contributed by atoms with van der Waals surface area (Å²) in [6.45, 7) is 2.57. The van der Waals surface area contributed by atoms with E-state index in [4.69, 9.17) is 5.11 Å². The molecule has 8 nitrogen and oxygen atoms in total. The summed E-state index contributed by atoms with van der Waals surface area (Å²) >= 11 is 0. The largest absolute Gasteiger partial charge is 0.508 e. The zero-order chi connectivity index (χ0) is 24.6. The number of carboxylic acid groups (broad SMARTS) is 1. The van der Waals surface area contributed by atoms with Crippen LogP contribution in [0, 0.1) is 0 Å². The van der Waals surface area contributed by atoms with E-state index < -0.39 is 30.1 Å². The molecule has 4 rings (SSSR count). The molecule has 1 unspecified atom stereocenters. The highest BCUT2D eigenvalue weighted by Gasteiger charge is 2.44. The van der Waals surface area contributed by atoms with Crippen LogP contribution in [-0.4, -0.2) is 37.6 Å². The van der Waals surface area contributed by atoms with Crippen molar-refractivity contribution in [1.82, 2.24) is 15.1 Å². The Labute approximate surface area is 192 Å². The number of aliphatic hydroxyl groups is 1. The van der Waals surface area contributed by atoms with E-state index in [-0.39, 0.29) is 35.8 Å². The molecule has 0 radical (unpaired) electrons. The van der Waals surface area contributed by atoms with E-state index in [0.717, 1.165) is 5.56 Å². The fourth-order valence-corrected chi connectivity index (χ4v) is 4.05. The number of nitrogens with zero attached hydrogens (tertiary/aromatic N) is 3. The van der Waals surface area contributed by atoms with Crippen molar-refractivity contribution < 1.29 is 33.3 Å². The van der Waals surface area contributed by atoms with Crippen molar-refractivity contribution >= 4 is 11.8 Å². The van der Waals surface area contributed by atoms with Crippen molar-refractivity contribution in [3.8, 4) is 5.75 Å². The van der Waals surface area contributed by atoms with Crippen LogP contribution in [0.15, 0.2) is 48.5 Å². The van der Waals surface area contributed by atoms with Gasteiger partial charge in [0.05, 0.1) is 17.7 Å². The van der Waals surface area contributed by atoms with Gasteiger partial charge in [-0.15, -0.1) is 0 Å². The molecule has 1 aromatic heterocycles. The molecular formula is C23H23F3N4O4. The average molecular weight is 476 g/mol. The molecule has 1 aliphatic heterocycles. The van der Waals surface area contributed by atoms with Crippen LogP contribution in [0.1, 0.15) is 51.9 Å². The first-order chi connectivity index (χ1) is 16.0. The van der Waals surface area contributed by atoms with E-state index in [1.54, 1.807) is 24.0 Å². The number of alkyl halides is 3. The quantitative estimate of drug-likeness (QED) is 0.385. The zero-order valence-corrected chi connectivity index (χ0v) is 18.1. The third-order valence-electron chi connectivity index (χ3n) is 5.76. The van der Waals surface area contributed by atoms with Crippen LogP contribution >= 0.6 is 0 Å². The van der Waals surface area contributed by atoms with Crippen molar-refractivity contribution in [3.05, 3.63) is 76.5 Å². The molecule has 0 saturated heterocycles. The molecule has 2 heterocycles. The van der Waals surface area contributed by atoms with E-state index in [0.29, 0.717) is 12.1 Å². The minimum Gasteiger partial charge on any atom is -0.508 e. The third-order valence-corrected chi connectivity index (χ3v) is 5.76. The van der Waals surface area contributed by atoms with Gasteiger partial charge in [0.2, 0.25) is 0 Å². The van der Waals surface area contributed by atoms with Gasteiger partial charge < -0.3 is 20.2 Å². The highest BCUT2D eigenvalue weighted by molar-refractivity contribution is 5.87. The van der Waals surface area contributed by atoms with Crippen molar-refractivity contribution in [2.75, 3.05) is 11.4 Å². The second kappa shape index (κ2) is 8.99. The smallest absolute Gasteiger partial charge is 0.435 e. The lowest BCUT2D eigenvalue weighted by molar-refractivity contribution is -0.143. The van der Waals surface area contributed by atoms with Crippen LogP contribution < -0.4 is 10.2 Å². The van der Waals surface area contributed by atoms with Crippen LogP contribution in [0.4, 0.5) is 19.0 Å². The summed E-state index contributed by atoms with van der Waals surface area (Å²) in [7, 11) is 0. The monoisotopic (exact) mass is 476 g/mol. The molecule has 0 bridgehead atoms. The van der Waals surface area contributed by atoms with E-state index in [9.17, 15) is 28.2 Å². The van der Waals surface area contributed by atoms with Crippen molar-refractivity contribution in [2.24, 2.45) is 0 Å². The Balaban J connectivity index is 1.63. The molecule has 1 aliphatic rings. The first-order valence-corrected chi connectivity index (χ1v) is 10.5. The van der Waals surface area contributed by atoms with Gasteiger partial charge in [-0.1, -0.05) is 24.3 Å². The first kappa shape index (κ1) is 23.6. The van der Waals surface area contributed by atoms with E-state index in [1.807, 2.05) is 0 Å². The number of carboxylic acids is 1. The summed E-state index contributed by atoms with van der Waals surface area (Å²) in [6.07, 6.45) is -6.46. The van der Waals surface area contributed by atoms with Crippen LogP contribution in [0.3, 0.4) is 0 Å². The molecule has 3 aromatic rings. The number of halogens is 3. The van der Waals surface area contributed by atoms with Gasteiger partial charge >= 0.3 is 12.1 Å². The van der Waals surface area contributed by atoms with Gasteiger partial charge in [0.1, 0.15) is 17.8 Å². The number of aromatic hydroxyl groups is 1. The summed E-state index contributed by atoms with van der Waals surface area (Å²) in [5.41, 5.74) is -0.0667. The highest BCUT2D eigenvalue weighted by atomic mass is 19.4. The minimum atomic E-state index is -4.77. The number of hydrogen-bond donors (Lipinski definition) is 4. The number of aromatic nitrogens is 2. The molecular weight excluding hydrogens is 453 g/mol. The summed E-state index contributed by atoms with van der Waals surface area (Å²) in [5, 5.41) is 35.9. The van der Waals surface area contributed by atoms with Crippen LogP contribution in [0.25, 0.3) is 0 Å². The number of rotatable bonds is 7. The molecule has 0 amide bonds. The van der Waals surface area contributed by atoms with Gasteiger partial charge in [0.15, 0.2) is 5.69 Å². The molecule has 2 atom stereocenters. The summed E-state index contributed by atoms with van der Waals surface area (Å²) < 4.78 is 42.7. The summed E-state index contributed by atoms with van der Waals surface area (Å²) in [5.74, 6) is -0.833. The standard InChI is InChI=1S/C23H23F3N4O4/c1-13(15-4-6-16(7-5-15)22(33)34)27-20(32)18-19(23(24,25)26)28-30-11-10-29(21(18)30)12-14-2-8-17(31)9-3-14/h2-9,13,20,27,31-32H,10-12H2,1H3,(H,33,34)/t13-,20?/m0/s1. The molecule has 0 fully saturated rings. The number of anilines is 1. The number of fused-ring (bicyclic) bond motifs is 1. The van der Waals surface area contributed by atoms with Gasteiger partial charge in [-0.25, -0.2) is 9.48 Å². The molecule has 0 spiro atoms. The fourth-order valence-electron chi connectivity index (χ4n) is 4.05. The number of phenols is 1. The number of carbonyl (C=O) groups is 1. The Kier molecular flexibility index (Phi) is 6.24. The average Bonchev–Trinajstić information content (AvgIpc) is 3.35. The van der Waals surface area contributed by atoms with E-state index in [1.165, 1.54) is 41.1 Å². The van der Waals surface area contributed by atoms with Gasteiger partial charge in [-0.05, 0) is 42.3 Å². The minimum absolute atomic E-state index is 0.0789. The zero-order valence-electron chi connectivity index (χ0n) is 18.1. The Morgan fingerprint density at radius 3 is 2.35 bits per heavy atom. The van der Waals surface area contributed by atoms with Gasteiger partial charge in [0.25, 0.3) is 0 Å². The Morgan fingerprint density at radius 1 is 1.12 bits per heavy atom. The van der Waals surface area contributed by atoms with Crippen LogP contribution in [-0.2, 0) is 19.3 Å². The molecule has 180 valence electrons. The number of nitrogens with one attached hydrogen (secondary N) is 1. The lowest BCUT2D eigenvalue weighted by Crippen LogP contribution is -2.29. The Morgan fingerprint density at radius 2 is 1.76 bits per heavy atom.